The van der Waals surface area contributed by atoms with Crippen molar-refractivity contribution in [3.05, 3.63) is 0 Å². The van der Waals surface area contributed by atoms with Crippen LogP contribution < -0.4 is 5.73 Å². The van der Waals surface area contributed by atoms with E-state index >= 15 is 0 Å². The van der Waals surface area contributed by atoms with Crippen molar-refractivity contribution in [3.63, 3.8) is 0 Å². The van der Waals surface area contributed by atoms with E-state index < -0.39 is 0 Å². The van der Waals surface area contributed by atoms with Gasteiger partial charge in [-0.3, -0.25) is 0 Å². The highest BCUT2D eigenvalue weighted by Crippen LogP contribution is 2.24. The van der Waals surface area contributed by atoms with Crippen molar-refractivity contribution in [1.82, 2.24) is 4.90 Å². The van der Waals surface area contributed by atoms with Gasteiger partial charge in [0.1, 0.15) is 0 Å². The molecule has 1 aliphatic rings. The van der Waals surface area contributed by atoms with Crippen LogP contribution in [0.4, 0.5) is 0 Å². The lowest BCUT2D eigenvalue weighted by atomic mass is 9.95. The minimum Gasteiger partial charge on any atom is -0.324 e. The van der Waals surface area contributed by atoms with E-state index in [4.69, 9.17) is 5.73 Å². The summed E-state index contributed by atoms with van der Waals surface area (Å²) in [5.41, 5.74) is 5.96. The summed E-state index contributed by atoms with van der Waals surface area (Å²) in [6, 6.07) is 0. The van der Waals surface area contributed by atoms with Crippen molar-refractivity contribution in [2.45, 2.75) is 39.7 Å². The average molecular weight is 184 g/mol. The zero-order valence-electron chi connectivity index (χ0n) is 9.51. The lowest BCUT2D eigenvalue weighted by Crippen LogP contribution is -2.44. The van der Waals surface area contributed by atoms with E-state index in [2.05, 4.69) is 32.6 Å². The van der Waals surface area contributed by atoms with E-state index in [0.29, 0.717) is 0 Å². The maximum atomic E-state index is 6.00. The van der Waals surface area contributed by atoms with Crippen LogP contribution in [0.25, 0.3) is 0 Å². The minimum atomic E-state index is -0.0358. The first-order chi connectivity index (χ1) is 5.88. The molecule has 2 nitrogen and oxygen atoms in total. The van der Waals surface area contributed by atoms with Crippen molar-refractivity contribution in [3.8, 4) is 0 Å². The molecule has 0 bridgehead atoms. The van der Waals surface area contributed by atoms with Crippen molar-refractivity contribution < 1.29 is 0 Å². The zero-order valence-corrected chi connectivity index (χ0v) is 9.51. The van der Waals surface area contributed by atoms with E-state index in [9.17, 15) is 0 Å². The molecule has 1 saturated heterocycles. The number of nitrogens with zero attached hydrogens (tertiary/aromatic N) is 1. The number of hydrogen-bond donors (Lipinski definition) is 1. The van der Waals surface area contributed by atoms with Crippen LogP contribution in [0, 0.1) is 11.8 Å². The van der Waals surface area contributed by atoms with E-state index in [0.717, 1.165) is 18.4 Å². The molecule has 1 fully saturated rings. The van der Waals surface area contributed by atoms with Gasteiger partial charge in [0.05, 0.1) is 0 Å². The first kappa shape index (κ1) is 11.0. The van der Waals surface area contributed by atoms with Crippen molar-refractivity contribution >= 4 is 0 Å². The van der Waals surface area contributed by atoms with Crippen LogP contribution in [0.15, 0.2) is 0 Å². The number of likely N-dealkylation sites (tertiary alicyclic amines) is 1. The SMILES string of the molecule is CC(C)C1CCN(CC(C)(C)N)C1. The van der Waals surface area contributed by atoms with E-state index in [-0.39, 0.29) is 5.54 Å². The molecule has 1 rings (SSSR count). The summed E-state index contributed by atoms with van der Waals surface area (Å²) >= 11 is 0. The Bertz CT molecular complexity index is 158. The van der Waals surface area contributed by atoms with Gasteiger partial charge in [-0.05, 0) is 38.6 Å². The molecular formula is C11H24N2. The van der Waals surface area contributed by atoms with E-state index in [1.165, 1.54) is 19.5 Å². The summed E-state index contributed by atoms with van der Waals surface area (Å²) < 4.78 is 0. The first-order valence-corrected chi connectivity index (χ1v) is 5.40. The maximum absolute atomic E-state index is 6.00. The molecule has 13 heavy (non-hydrogen) atoms. The molecule has 2 N–H and O–H groups in total. The topological polar surface area (TPSA) is 29.3 Å². The van der Waals surface area contributed by atoms with Crippen LogP contribution in [0.5, 0.6) is 0 Å². The Hall–Kier alpha value is -0.0800. The third-order valence-corrected chi connectivity index (χ3v) is 2.88. The molecule has 0 radical (unpaired) electrons. The third-order valence-electron chi connectivity index (χ3n) is 2.88. The Labute approximate surface area is 82.5 Å². The maximum Gasteiger partial charge on any atom is 0.0226 e. The van der Waals surface area contributed by atoms with Crippen LogP contribution >= 0.6 is 0 Å². The van der Waals surface area contributed by atoms with Gasteiger partial charge >= 0.3 is 0 Å². The van der Waals surface area contributed by atoms with Gasteiger partial charge in [0.25, 0.3) is 0 Å². The van der Waals surface area contributed by atoms with E-state index in [1.54, 1.807) is 0 Å². The molecule has 0 spiro atoms. The Kier molecular flexibility index (Phi) is 3.36. The smallest absolute Gasteiger partial charge is 0.0226 e. The summed E-state index contributed by atoms with van der Waals surface area (Å²) in [5.74, 6) is 1.72. The minimum absolute atomic E-state index is 0.0358. The normalized spacial score (nSPS) is 25.8. The molecule has 0 aromatic heterocycles. The largest absolute Gasteiger partial charge is 0.324 e. The fraction of sp³-hybridized carbons (Fsp3) is 1.00. The monoisotopic (exact) mass is 184 g/mol. The number of rotatable bonds is 3. The molecule has 0 saturated carbocycles. The Morgan fingerprint density at radius 3 is 2.46 bits per heavy atom. The average Bonchev–Trinajstić information content (AvgIpc) is 2.31. The summed E-state index contributed by atoms with van der Waals surface area (Å²) in [7, 11) is 0. The van der Waals surface area contributed by atoms with Crippen molar-refractivity contribution in [1.29, 1.82) is 0 Å². The van der Waals surface area contributed by atoms with Crippen LogP contribution in [0.1, 0.15) is 34.1 Å². The fourth-order valence-electron chi connectivity index (χ4n) is 2.13. The van der Waals surface area contributed by atoms with Gasteiger partial charge < -0.3 is 10.6 Å². The van der Waals surface area contributed by atoms with Crippen LogP contribution in [0.2, 0.25) is 0 Å². The van der Waals surface area contributed by atoms with Gasteiger partial charge in [0.2, 0.25) is 0 Å². The molecule has 1 unspecified atom stereocenters. The second-order valence-corrected chi connectivity index (χ2v) is 5.52. The standard InChI is InChI=1S/C11H24N2/c1-9(2)10-5-6-13(7-10)8-11(3,4)12/h9-10H,5-8,12H2,1-4H3. The predicted molar refractivity (Wildman–Crippen MR) is 57.7 cm³/mol. The molecule has 0 aliphatic carbocycles. The predicted octanol–water partition coefficient (Wildman–Crippen LogP) is 1.70. The molecule has 0 aromatic carbocycles. The van der Waals surface area contributed by atoms with Gasteiger partial charge in [-0.25, -0.2) is 0 Å². The van der Waals surface area contributed by atoms with Gasteiger partial charge in [0.15, 0.2) is 0 Å². The molecule has 1 heterocycles. The highest BCUT2D eigenvalue weighted by molar-refractivity contribution is 4.83. The zero-order chi connectivity index (χ0) is 10.1. The molecule has 78 valence electrons. The summed E-state index contributed by atoms with van der Waals surface area (Å²) in [4.78, 5) is 2.50. The highest BCUT2D eigenvalue weighted by Gasteiger charge is 2.27. The van der Waals surface area contributed by atoms with Gasteiger partial charge in [-0.2, -0.15) is 0 Å². The van der Waals surface area contributed by atoms with Crippen LogP contribution in [-0.4, -0.2) is 30.1 Å². The fourth-order valence-corrected chi connectivity index (χ4v) is 2.13. The van der Waals surface area contributed by atoms with Crippen LogP contribution in [-0.2, 0) is 0 Å². The van der Waals surface area contributed by atoms with E-state index in [1.807, 2.05) is 0 Å². The summed E-state index contributed by atoms with van der Waals surface area (Å²) in [6.45, 7) is 12.4. The van der Waals surface area contributed by atoms with Crippen molar-refractivity contribution in [2.24, 2.45) is 17.6 Å². The molecule has 1 atom stereocenters. The molecule has 2 heteroatoms. The molecule has 0 amide bonds. The second-order valence-electron chi connectivity index (χ2n) is 5.52. The van der Waals surface area contributed by atoms with Gasteiger partial charge in [0, 0.05) is 18.6 Å². The lowest BCUT2D eigenvalue weighted by molar-refractivity contribution is 0.252. The van der Waals surface area contributed by atoms with Crippen LogP contribution in [0.3, 0.4) is 0 Å². The Morgan fingerprint density at radius 2 is 2.08 bits per heavy atom. The van der Waals surface area contributed by atoms with Gasteiger partial charge in [-0.1, -0.05) is 13.8 Å². The highest BCUT2D eigenvalue weighted by atomic mass is 15.2. The number of nitrogens with two attached hydrogens (primary N) is 1. The second kappa shape index (κ2) is 3.97. The van der Waals surface area contributed by atoms with Gasteiger partial charge in [-0.15, -0.1) is 0 Å². The third kappa shape index (κ3) is 3.65. The molecular weight excluding hydrogens is 160 g/mol. The molecule has 0 aromatic rings. The Morgan fingerprint density at radius 1 is 1.46 bits per heavy atom. The summed E-state index contributed by atoms with van der Waals surface area (Å²) in [5, 5.41) is 0. The van der Waals surface area contributed by atoms with Crippen molar-refractivity contribution in [2.75, 3.05) is 19.6 Å². The Balaban J connectivity index is 2.33. The lowest BCUT2D eigenvalue weighted by Gasteiger charge is -2.26. The molecule has 1 aliphatic heterocycles. The number of hydrogen-bond acceptors (Lipinski definition) is 2. The quantitative estimate of drug-likeness (QED) is 0.723. The summed E-state index contributed by atoms with van der Waals surface area (Å²) in [6.07, 6.45) is 1.35. The first-order valence-electron chi connectivity index (χ1n) is 5.40.